The molecule has 2 aliphatic rings. The number of rotatable bonds is 13. The predicted molar refractivity (Wildman–Crippen MR) is 165 cm³/mol. The molecule has 20 heteroatoms. The van der Waals surface area contributed by atoms with E-state index >= 15 is 0 Å². The molecule has 5 rings (SSSR count). The quantitative estimate of drug-likeness (QED) is 0.0557. The summed E-state index contributed by atoms with van der Waals surface area (Å²) in [5.74, 6) is -6.37. The molecule has 1 amide bonds. The lowest BCUT2D eigenvalue weighted by Crippen LogP contribution is -2.57. The number of anilines is 1. The Balaban J connectivity index is 1.30. The van der Waals surface area contributed by atoms with Crippen LogP contribution in [0.3, 0.4) is 0 Å². The minimum atomic E-state index is -1.80. The monoisotopic (exact) mass is 707 g/mol. The number of β-lactam (4-membered cyclic amide) rings is 1. The third-order valence-corrected chi connectivity index (χ3v) is 10.3. The van der Waals surface area contributed by atoms with Crippen molar-refractivity contribution in [2.45, 2.75) is 49.0 Å². The summed E-state index contributed by atoms with van der Waals surface area (Å²) in [7, 11) is 0. The molecule has 2 aromatic heterocycles. The van der Waals surface area contributed by atoms with Gasteiger partial charge in [-0.1, -0.05) is 33.7 Å². The lowest BCUT2D eigenvalue weighted by molar-refractivity contribution is -0.161. The number of carboxylic acid groups (broad SMARTS) is 2. The summed E-state index contributed by atoms with van der Waals surface area (Å²) in [4.78, 5) is 72.0. The van der Waals surface area contributed by atoms with E-state index in [0.717, 1.165) is 33.8 Å². The number of thiazole rings is 1. The van der Waals surface area contributed by atoms with Crippen LogP contribution in [0.5, 0.6) is 11.5 Å². The molecular weight excluding hydrogens is 682 g/mol. The number of thioether (sulfide) groups is 1. The van der Waals surface area contributed by atoms with Crippen molar-refractivity contribution in [3.63, 3.8) is 0 Å². The fourth-order valence-electron chi connectivity index (χ4n) is 4.78. The summed E-state index contributed by atoms with van der Waals surface area (Å²) in [5.41, 5.74) is 3.84. The number of aromatic hydroxyl groups is 2. The van der Waals surface area contributed by atoms with Crippen LogP contribution in [-0.4, -0.2) is 97.9 Å². The SMILES string of the molecule is CC(C)(O/N=C(\C(=O)C[C@@H]1C(=O)N2C[C@@](C(=O)O)(n3cc(CCC(=O)c4ccc(O)c(O)c4Cl)nn3)S[C@H]12)c1csc(N)n1)C(=O)O. The Morgan fingerprint density at radius 2 is 1.96 bits per heavy atom. The van der Waals surface area contributed by atoms with Crippen LogP contribution in [0.15, 0.2) is 28.9 Å². The van der Waals surface area contributed by atoms with Gasteiger partial charge in [-0.15, -0.1) is 16.4 Å². The Kier molecular flexibility index (Phi) is 8.91. The van der Waals surface area contributed by atoms with Gasteiger partial charge in [0.25, 0.3) is 0 Å². The number of phenolic OH excluding ortho intramolecular Hbond substituents is 2. The van der Waals surface area contributed by atoms with Crippen LogP contribution >= 0.6 is 34.7 Å². The number of ketones is 2. The molecule has 17 nitrogen and oxygen atoms in total. The van der Waals surface area contributed by atoms with Crippen molar-refractivity contribution in [3.05, 3.63) is 45.7 Å². The zero-order chi connectivity index (χ0) is 34.4. The van der Waals surface area contributed by atoms with E-state index in [1.54, 1.807) is 0 Å². The minimum absolute atomic E-state index is 0.0187. The van der Waals surface area contributed by atoms with Gasteiger partial charge >= 0.3 is 11.9 Å². The highest BCUT2D eigenvalue weighted by Crippen LogP contribution is 2.53. The summed E-state index contributed by atoms with van der Waals surface area (Å²) in [6, 6.07) is 2.39. The van der Waals surface area contributed by atoms with E-state index in [1.807, 2.05) is 0 Å². The standard InChI is InChI=1S/C27H26ClN7O10S2/c1-26(2,23(41)42)45-32-19(14-9-46-25(29)30-14)17(38)7-13-21(40)34-10-27(24(43)44,47-22(13)34)35-8-11(31-33-35)3-5-15(36)12-4-6-16(37)20(39)18(12)28/h4,6,8-9,13,22,37,39H,3,5,7,10H2,1-2H3,(H2,29,30)(H,41,42)(H,43,44)/b32-19-/t13-,22-,27-/m1/s1. The maximum Gasteiger partial charge on any atom is 0.350 e. The number of hydrogen-bond donors (Lipinski definition) is 5. The van der Waals surface area contributed by atoms with Crippen molar-refractivity contribution in [2.75, 3.05) is 12.3 Å². The van der Waals surface area contributed by atoms with E-state index in [0.29, 0.717) is 0 Å². The topological polar surface area (TPSA) is 261 Å². The zero-order valence-corrected chi connectivity index (χ0v) is 26.9. The molecule has 0 saturated carbocycles. The number of aryl methyl sites for hydroxylation is 1. The first-order valence-electron chi connectivity index (χ1n) is 13.7. The molecule has 0 bridgehead atoms. The van der Waals surface area contributed by atoms with Crippen LogP contribution in [0.4, 0.5) is 5.13 Å². The number of halogens is 1. The van der Waals surface area contributed by atoms with Gasteiger partial charge in [0.05, 0.1) is 34.7 Å². The van der Waals surface area contributed by atoms with E-state index < -0.39 is 69.1 Å². The number of nitrogens with zero attached hydrogens (tertiary/aromatic N) is 6. The molecular formula is C27H26ClN7O10S2. The van der Waals surface area contributed by atoms with Gasteiger partial charge in [0, 0.05) is 30.2 Å². The van der Waals surface area contributed by atoms with Gasteiger partial charge in [-0.2, -0.15) is 0 Å². The fraction of sp³-hybridized carbons (Fsp3) is 0.370. The molecule has 3 atom stereocenters. The number of Topliss-reactive ketones (excluding diaryl/α,β-unsaturated/α-hetero) is 2. The van der Waals surface area contributed by atoms with Crippen molar-refractivity contribution in [3.8, 4) is 11.5 Å². The summed E-state index contributed by atoms with van der Waals surface area (Å²) >= 11 is 7.88. The lowest BCUT2D eigenvalue weighted by Gasteiger charge is -2.40. The number of fused-ring (bicyclic) bond motifs is 1. The van der Waals surface area contributed by atoms with Crippen LogP contribution in [0.25, 0.3) is 0 Å². The Morgan fingerprint density at radius 3 is 2.60 bits per heavy atom. The number of phenols is 2. The normalized spacial score (nSPS) is 20.9. The van der Waals surface area contributed by atoms with E-state index in [4.69, 9.17) is 22.2 Å². The first kappa shape index (κ1) is 33.6. The molecule has 0 radical (unpaired) electrons. The highest BCUT2D eigenvalue weighted by molar-refractivity contribution is 8.01. The number of hydrogen-bond acceptors (Lipinski definition) is 15. The number of aliphatic carboxylic acids is 2. The second-order valence-corrected chi connectivity index (χ2v) is 13.7. The number of oxime groups is 1. The number of nitrogens with two attached hydrogens (primary N) is 1. The molecule has 1 aromatic carbocycles. The van der Waals surface area contributed by atoms with Crippen LogP contribution in [0.1, 0.15) is 48.4 Å². The number of carbonyl (C=O) groups excluding carboxylic acids is 3. The number of nitrogen functional groups attached to an aromatic ring is 1. The highest BCUT2D eigenvalue weighted by Gasteiger charge is 2.63. The van der Waals surface area contributed by atoms with Gasteiger partial charge in [0.15, 0.2) is 33.9 Å². The van der Waals surface area contributed by atoms with E-state index in [1.165, 1.54) is 36.4 Å². The molecule has 0 aliphatic carbocycles. The smallest absolute Gasteiger partial charge is 0.350 e. The van der Waals surface area contributed by atoms with E-state index in [2.05, 4.69) is 20.5 Å². The molecule has 0 unspecified atom stereocenters. The largest absolute Gasteiger partial charge is 0.504 e. The van der Waals surface area contributed by atoms with Crippen molar-refractivity contribution >= 4 is 75.0 Å². The average Bonchev–Trinajstić information content (AvgIpc) is 3.75. The Labute approximate surface area is 278 Å². The lowest BCUT2D eigenvalue weighted by atomic mass is 9.90. The Bertz CT molecular complexity index is 1840. The van der Waals surface area contributed by atoms with Gasteiger partial charge in [0.2, 0.25) is 16.4 Å². The van der Waals surface area contributed by atoms with Crippen LogP contribution in [-0.2, 0) is 35.3 Å². The first-order valence-corrected chi connectivity index (χ1v) is 15.8. The third kappa shape index (κ3) is 6.20. The van der Waals surface area contributed by atoms with Crippen LogP contribution < -0.4 is 5.73 Å². The fourth-order valence-corrected chi connectivity index (χ4v) is 7.18. The molecule has 47 heavy (non-hydrogen) atoms. The van der Waals surface area contributed by atoms with Crippen molar-refractivity contribution < 1.29 is 49.2 Å². The molecule has 4 heterocycles. The Hall–Kier alpha value is -4.75. The van der Waals surface area contributed by atoms with Gasteiger partial charge < -0.3 is 35.9 Å². The Morgan fingerprint density at radius 1 is 1.23 bits per heavy atom. The van der Waals surface area contributed by atoms with Gasteiger partial charge in [-0.3, -0.25) is 14.4 Å². The predicted octanol–water partition coefficient (Wildman–Crippen LogP) is 1.71. The number of benzene rings is 1. The third-order valence-electron chi connectivity index (χ3n) is 7.51. The minimum Gasteiger partial charge on any atom is -0.504 e. The molecule has 3 aromatic rings. The molecule has 6 N–H and O–H groups in total. The maximum absolute atomic E-state index is 13.4. The van der Waals surface area contributed by atoms with Gasteiger partial charge in [-0.25, -0.2) is 19.3 Å². The zero-order valence-electron chi connectivity index (χ0n) is 24.5. The molecule has 0 spiro atoms. The van der Waals surface area contributed by atoms with E-state index in [-0.39, 0.29) is 52.2 Å². The second-order valence-electron chi connectivity index (χ2n) is 11.1. The second kappa shape index (κ2) is 12.5. The summed E-state index contributed by atoms with van der Waals surface area (Å²) in [6.45, 7) is 2.17. The molecule has 248 valence electrons. The van der Waals surface area contributed by atoms with Crippen molar-refractivity contribution in [2.24, 2.45) is 11.1 Å². The van der Waals surface area contributed by atoms with Crippen LogP contribution in [0.2, 0.25) is 5.02 Å². The number of carboxylic acids is 2. The number of carbonyl (C=O) groups is 5. The van der Waals surface area contributed by atoms with Gasteiger partial charge in [-0.05, 0) is 26.0 Å². The maximum atomic E-state index is 13.4. The first-order chi connectivity index (χ1) is 22.1. The average molecular weight is 708 g/mol. The molecule has 2 saturated heterocycles. The highest BCUT2D eigenvalue weighted by atomic mass is 35.5. The van der Waals surface area contributed by atoms with Crippen molar-refractivity contribution in [1.29, 1.82) is 0 Å². The molecule has 2 aliphatic heterocycles. The summed E-state index contributed by atoms with van der Waals surface area (Å²) in [6.07, 6.45) is 0.842. The number of aromatic nitrogens is 4. The van der Waals surface area contributed by atoms with Gasteiger partial charge in [0.1, 0.15) is 5.69 Å². The number of amides is 1. The molecule has 2 fully saturated rings. The van der Waals surface area contributed by atoms with Crippen molar-refractivity contribution in [1.82, 2.24) is 24.9 Å². The van der Waals surface area contributed by atoms with E-state index in [9.17, 15) is 44.4 Å². The summed E-state index contributed by atoms with van der Waals surface area (Å²) < 4.78 is 1.09. The van der Waals surface area contributed by atoms with Crippen LogP contribution in [0, 0.1) is 5.92 Å². The summed E-state index contributed by atoms with van der Waals surface area (Å²) in [5, 5.41) is 51.2.